The van der Waals surface area contributed by atoms with Crippen molar-refractivity contribution in [1.82, 2.24) is 0 Å². The molecule has 1 aliphatic rings. The van der Waals surface area contributed by atoms with Crippen molar-refractivity contribution < 1.29 is 8.78 Å². The summed E-state index contributed by atoms with van der Waals surface area (Å²) in [5.74, 6) is -1.04. The fourth-order valence-corrected chi connectivity index (χ4v) is 6.75. The van der Waals surface area contributed by atoms with E-state index in [-0.39, 0.29) is 10.1 Å². The molecule has 3 aromatic rings. The van der Waals surface area contributed by atoms with E-state index >= 15 is 0 Å². The molecule has 1 aliphatic heterocycles. The topological polar surface area (TPSA) is 12.0 Å². The van der Waals surface area contributed by atoms with Crippen LogP contribution < -0.4 is 5.32 Å². The van der Waals surface area contributed by atoms with Crippen molar-refractivity contribution >= 4 is 29.2 Å². The van der Waals surface area contributed by atoms with E-state index in [1.807, 2.05) is 50.2 Å². The number of nitrogens with one attached hydrogen (secondary N) is 1. The molecule has 28 heavy (non-hydrogen) atoms. The Labute approximate surface area is 172 Å². The first-order valence-electron chi connectivity index (χ1n) is 9.16. The van der Waals surface area contributed by atoms with Crippen molar-refractivity contribution in [3.05, 3.63) is 89.5 Å². The van der Waals surface area contributed by atoms with Crippen LogP contribution in [0.2, 0.25) is 0 Å². The van der Waals surface area contributed by atoms with Gasteiger partial charge in [-0.05, 0) is 56.7 Å². The van der Waals surface area contributed by atoms with Crippen LogP contribution in [0, 0.1) is 18.6 Å². The van der Waals surface area contributed by atoms with Crippen LogP contribution in [0.3, 0.4) is 0 Å². The normalized spacial score (nSPS) is 15.9. The maximum atomic E-state index is 14.8. The van der Waals surface area contributed by atoms with Crippen LogP contribution in [0.4, 0.5) is 14.5 Å². The Morgan fingerprint density at radius 3 is 2.00 bits per heavy atom. The van der Waals surface area contributed by atoms with Gasteiger partial charge in [0, 0.05) is 21.0 Å². The fraction of sp³-hybridized carbons (Fsp3) is 0.217. The third-order valence-electron chi connectivity index (χ3n) is 4.93. The Kier molecular flexibility index (Phi) is 5.39. The fourth-order valence-electron chi connectivity index (χ4n) is 3.56. The Hall–Kier alpha value is -1.98. The summed E-state index contributed by atoms with van der Waals surface area (Å²) in [5, 5.41) is 3.43. The van der Waals surface area contributed by atoms with Crippen molar-refractivity contribution in [3.63, 3.8) is 0 Å². The second-order valence-electron chi connectivity index (χ2n) is 7.24. The van der Waals surface area contributed by atoms with Crippen LogP contribution in [0.5, 0.6) is 0 Å². The quantitative estimate of drug-likeness (QED) is 0.474. The molecule has 1 unspecified atom stereocenters. The lowest BCUT2D eigenvalue weighted by molar-refractivity contribution is 0.444. The summed E-state index contributed by atoms with van der Waals surface area (Å²) in [6.07, 6.45) is 0.572. The number of anilines is 1. The van der Waals surface area contributed by atoms with E-state index in [1.54, 1.807) is 23.5 Å². The second-order valence-corrected chi connectivity index (χ2v) is 10.0. The summed E-state index contributed by atoms with van der Waals surface area (Å²) in [4.78, 5) is 2.45. The van der Waals surface area contributed by atoms with Crippen molar-refractivity contribution in [2.24, 2.45) is 0 Å². The third-order valence-corrected chi connectivity index (χ3v) is 7.71. The molecule has 0 aromatic heterocycles. The average molecular weight is 414 g/mol. The first-order valence-corrected chi connectivity index (χ1v) is 10.9. The van der Waals surface area contributed by atoms with E-state index in [9.17, 15) is 8.78 Å². The summed E-state index contributed by atoms with van der Waals surface area (Å²) in [6.45, 7) is 3.90. The molecule has 144 valence electrons. The predicted octanol–water partition coefficient (Wildman–Crippen LogP) is 7.21. The zero-order chi connectivity index (χ0) is 19.7. The van der Waals surface area contributed by atoms with Crippen LogP contribution in [-0.4, -0.2) is 4.58 Å². The van der Waals surface area contributed by atoms with Crippen LogP contribution in [0.25, 0.3) is 0 Å². The third kappa shape index (κ3) is 3.91. The smallest absolute Gasteiger partial charge is 0.131 e. The van der Waals surface area contributed by atoms with E-state index in [1.165, 1.54) is 28.0 Å². The van der Waals surface area contributed by atoms with Gasteiger partial charge in [-0.2, -0.15) is 0 Å². The minimum absolute atomic E-state index is 0.0905. The summed E-state index contributed by atoms with van der Waals surface area (Å²) in [5.41, 5.74) is 1.19. The molecule has 0 saturated heterocycles. The lowest BCUT2D eigenvalue weighted by atomic mass is 9.87. The zero-order valence-corrected chi connectivity index (χ0v) is 17.3. The molecule has 0 aliphatic carbocycles. The maximum Gasteiger partial charge on any atom is 0.131 e. The molecule has 0 amide bonds. The predicted molar refractivity (Wildman–Crippen MR) is 115 cm³/mol. The van der Waals surface area contributed by atoms with Gasteiger partial charge in [0.05, 0.1) is 10.1 Å². The number of thioether (sulfide) groups is 2. The Morgan fingerprint density at radius 2 is 1.43 bits per heavy atom. The van der Waals surface area contributed by atoms with Crippen molar-refractivity contribution in [2.75, 3.05) is 5.32 Å². The minimum Gasteiger partial charge on any atom is -0.376 e. The van der Waals surface area contributed by atoms with Gasteiger partial charge < -0.3 is 5.32 Å². The molecule has 1 nitrogen and oxygen atoms in total. The zero-order valence-electron chi connectivity index (χ0n) is 15.7. The number of hydrogen-bond acceptors (Lipinski definition) is 3. The lowest BCUT2D eigenvalue weighted by Gasteiger charge is -2.35. The van der Waals surface area contributed by atoms with Gasteiger partial charge in [-0.1, -0.05) is 35.9 Å². The number of hydrogen-bond donors (Lipinski definition) is 1. The Balaban J connectivity index is 1.68. The van der Waals surface area contributed by atoms with Crippen LogP contribution in [0.1, 0.15) is 24.5 Å². The first-order chi connectivity index (χ1) is 13.4. The molecule has 0 spiro atoms. The van der Waals surface area contributed by atoms with Gasteiger partial charge in [0.15, 0.2) is 0 Å². The SMILES string of the molecule is Cc1ccc(NC(C)(CC2Sc3ccccc3S2)c2c(F)cccc2F)cc1. The standard InChI is InChI=1S/C23H21F2NS2/c1-15-10-12-16(13-11-15)26-23(2,22-17(24)6-5-7-18(22)25)14-21-27-19-8-3-4-9-20(19)28-21/h3-13,21,26H,14H2,1-2H3. The molecular formula is C23H21F2NS2. The van der Waals surface area contributed by atoms with Gasteiger partial charge in [-0.25, -0.2) is 8.78 Å². The highest BCUT2D eigenvalue weighted by Crippen LogP contribution is 2.52. The molecule has 0 saturated carbocycles. The van der Waals surface area contributed by atoms with E-state index in [2.05, 4.69) is 17.4 Å². The molecule has 5 heteroatoms. The van der Waals surface area contributed by atoms with Gasteiger partial charge in [0.2, 0.25) is 0 Å². The van der Waals surface area contributed by atoms with Crippen LogP contribution >= 0.6 is 23.5 Å². The summed E-state index contributed by atoms with van der Waals surface area (Å²) in [7, 11) is 0. The maximum absolute atomic E-state index is 14.8. The monoisotopic (exact) mass is 413 g/mol. The van der Waals surface area contributed by atoms with Gasteiger partial charge in [0.25, 0.3) is 0 Å². The summed E-state index contributed by atoms with van der Waals surface area (Å²) < 4.78 is 29.7. The molecule has 3 aromatic carbocycles. The second kappa shape index (κ2) is 7.80. The Bertz CT molecular complexity index is 945. The molecule has 1 N–H and O–H groups in total. The molecular weight excluding hydrogens is 392 g/mol. The van der Waals surface area contributed by atoms with Crippen LogP contribution in [0.15, 0.2) is 76.5 Å². The number of aryl methyl sites for hydroxylation is 1. The average Bonchev–Trinajstić information content (AvgIpc) is 3.05. The molecule has 0 fully saturated rings. The Morgan fingerprint density at radius 1 is 0.857 bits per heavy atom. The van der Waals surface area contributed by atoms with E-state index in [4.69, 9.17) is 0 Å². The lowest BCUT2D eigenvalue weighted by Crippen LogP contribution is -2.36. The number of fused-ring (bicyclic) bond motifs is 1. The molecule has 0 radical (unpaired) electrons. The summed E-state index contributed by atoms with van der Waals surface area (Å²) >= 11 is 3.52. The highest BCUT2D eigenvalue weighted by atomic mass is 32.2. The van der Waals surface area contributed by atoms with Gasteiger partial charge in [-0.3, -0.25) is 0 Å². The summed E-state index contributed by atoms with van der Waals surface area (Å²) in [6, 6.07) is 20.2. The number of halogens is 2. The molecule has 1 atom stereocenters. The number of benzene rings is 3. The highest BCUT2D eigenvalue weighted by Gasteiger charge is 2.37. The first kappa shape index (κ1) is 19.3. The van der Waals surface area contributed by atoms with Gasteiger partial charge in [0.1, 0.15) is 11.6 Å². The van der Waals surface area contributed by atoms with Gasteiger partial charge >= 0.3 is 0 Å². The molecule has 1 heterocycles. The van der Waals surface area contributed by atoms with E-state index < -0.39 is 17.2 Å². The molecule has 4 rings (SSSR count). The number of rotatable bonds is 5. The van der Waals surface area contributed by atoms with Crippen molar-refractivity contribution in [1.29, 1.82) is 0 Å². The molecule has 0 bridgehead atoms. The van der Waals surface area contributed by atoms with Gasteiger partial charge in [-0.15, -0.1) is 23.5 Å². The van der Waals surface area contributed by atoms with Crippen LogP contribution in [-0.2, 0) is 5.54 Å². The van der Waals surface area contributed by atoms with Crippen molar-refractivity contribution in [2.45, 2.75) is 40.2 Å². The largest absolute Gasteiger partial charge is 0.376 e. The minimum atomic E-state index is -0.891. The van der Waals surface area contributed by atoms with Crippen molar-refractivity contribution in [3.8, 4) is 0 Å². The highest BCUT2D eigenvalue weighted by molar-refractivity contribution is 8.19. The van der Waals surface area contributed by atoms with E-state index in [0.29, 0.717) is 6.42 Å². The van der Waals surface area contributed by atoms with E-state index in [0.717, 1.165) is 11.3 Å².